The predicted molar refractivity (Wildman–Crippen MR) is 46.5 cm³/mol. The molecule has 1 fully saturated rings. The summed E-state index contributed by atoms with van der Waals surface area (Å²) < 4.78 is 5.00. The number of carbonyl (C=O) groups excluding carboxylic acids is 1. The first-order valence-electron chi connectivity index (χ1n) is 4.13. The number of nitrogens with two attached hydrogens (primary N) is 1. The van der Waals surface area contributed by atoms with Crippen molar-refractivity contribution in [3.05, 3.63) is 12.7 Å². The maximum Gasteiger partial charge on any atom is 0.327 e. The van der Waals surface area contributed by atoms with Crippen molar-refractivity contribution >= 4 is 5.97 Å². The van der Waals surface area contributed by atoms with Gasteiger partial charge in [-0.25, -0.2) is 0 Å². The third-order valence-corrected chi connectivity index (χ3v) is 2.07. The molecular formula is C9H15NO2. The van der Waals surface area contributed by atoms with E-state index < -0.39 is 5.54 Å². The first-order valence-corrected chi connectivity index (χ1v) is 4.13. The van der Waals surface area contributed by atoms with Crippen LogP contribution < -0.4 is 5.73 Å². The molecule has 0 amide bonds. The van der Waals surface area contributed by atoms with Gasteiger partial charge in [-0.2, -0.15) is 0 Å². The van der Waals surface area contributed by atoms with Crippen molar-refractivity contribution in [2.45, 2.75) is 31.9 Å². The molecule has 0 aliphatic heterocycles. The predicted octanol–water partition coefficient (Wildman–Crippen LogP) is 0.841. The van der Waals surface area contributed by atoms with Gasteiger partial charge >= 0.3 is 5.97 Å². The van der Waals surface area contributed by atoms with Gasteiger partial charge in [0.2, 0.25) is 0 Å². The lowest BCUT2D eigenvalue weighted by atomic mass is 10.2. The second-order valence-corrected chi connectivity index (χ2v) is 3.54. The molecule has 0 bridgehead atoms. The summed E-state index contributed by atoms with van der Waals surface area (Å²) in [4.78, 5) is 11.3. The van der Waals surface area contributed by atoms with E-state index in [9.17, 15) is 4.79 Å². The van der Waals surface area contributed by atoms with Gasteiger partial charge < -0.3 is 10.5 Å². The summed E-state index contributed by atoms with van der Waals surface area (Å²) in [6.45, 7) is 7.22. The summed E-state index contributed by atoms with van der Waals surface area (Å²) in [5.41, 5.74) is 4.98. The maximum atomic E-state index is 11.3. The van der Waals surface area contributed by atoms with Gasteiger partial charge in [0.15, 0.2) is 0 Å². The average molecular weight is 169 g/mol. The Labute approximate surface area is 72.6 Å². The number of hydrogen-bond donors (Lipinski definition) is 1. The Kier molecular flexibility index (Phi) is 2.24. The van der Waals surface area contributed by atoms with Crippen molar-refractivity contribution in [1.82, 2.24) is 0 Å². The van der Waals surface area contributed by atoms with Crippen LogP contribution in [-0.4, -0.2) is 17.6 Å². The van der Waals surface area contributed by atoms with Gasteiger partial charge in [-0.1, -0.05) is 6.08 Å². The summed E-state index contributed by atoms with van der Waals surface area (Å²) in [6, 6.07) is 0. The molecule has 3 nitrogen and oxygen atoms in total. The zero-order chi connectivity index (χ0) is 9.35. The van der Waals surface area contributed by atoms with E-state index in [0.717, 1.165) is 0 Å². The Bertz CT molecular complexity index is 213. The molecule has 2 atom stereocenters. The molecule has 0 aromatic rings. The Hall–Kier alpha value is -0.830. The molecule has 0 heterocycles. The first-order chi connectivity index (χ1) is 5.50. The lowest BCUT2D eigenvalue weighted by Gasteiger charge is -2.12. The van der Waals surface area contributed by atoms with Crippen LogP contribution in [0, 0.1) is 5.92 Å². The number of ether oxygens (including phenoxy) is 1. The van der Waals surface area contributed by atoms with Crippen molar-refractivity contribution in [2.24, 2.45) is 11.7 Å². The maximum absolute atomic E-state index is 11.3. The second kappa shape index (κ2) is 2.90. The minimum absolute atomic E-state index is 0.0935. The van der Waals surface area contributed by atoms with Crippen LogP contribution in [0.5, 0.6) is 0 Å². The molecule has 68 valence electrons. The molecule has 0 radical (unpaired) electrons. The summed E-state index contributed by atoms with van der Waals surface area (Å²) in [6.07, 6.45) is 2.29. The molecule has 0 saturated heterocycles. The summed E-state index contributed by atoms with van der Waals surface area (Å²) in [5.74, 6) is -0.203. The SMILES string of the molecule is C=C[C@@H]1C[C@]1(N)C(=O)OC(C)C. The van der Waals surface area contributed by atoms with Gasteiger partial charge in [0.05, 0.1) is 6.10 Å². The molecule has 12 heavy (non-hydrogen) atoms. The second-order valence-electron chi connectivity index (χ2n) is 3.54. The number of rotatable bonds is 3. The minimum Gasteiger partial charge on any atom is -0.462 e. The summed E-state index contributed by atoms with van der Waals surface area (Å²) in [5, 5.41) is 0. The van der Waals surface area contributed by atoms with Crippen molar-refractivity contribution in [3.63, 3.8) is 0 Å². The normalized spacial score (nSPS) is 33.2. The van der Waals surface area contributed by atoms with Crippen molar-refractivity contribution < 1.29 is 9.53 Å². The highest BCUT2D eigenvalue weighted by Crippen LogP contribution is 2.42. The molecule has 3 heteroatoms. The Morgan fingerprint density at radius 1 is 1.83 bits per heavy atom. The van der Waals surface area contributed by atoms with Gasteiger partial charge in [-0.3, -0.25) is 4.79 Å². The zero-order valence-electron chi connectivity index (χ0n) is 7.54. The van der Waals surface area contributed by atoms with E-state index in [0.29, 0.717) is 6.42 Å². The highest BCUT2D eigenvalue weighted by Gasteiger charge is 2.56. The average Bonchev–Trinajstić information content (AvgIpc) is 2.62. The van der Waals surface area contributed by atoms with Gasteiger partial charge in [0.25, 0.3) is 0 Å². The van der Waals surface area contributed by atoms with Gasteiger partial charge in [-0.05, 0) is 20.3 Å². The third-order valence-electron chi connectivity index (χ3n) is 2.07. The van der Waals surface area contributed by atoms with Crippen LogP contribution in [0.15, 0.2) is 12.7 Å². The summed E-state index contributed by atoms with van der Waals surface area (Å²) in [7, 11) is 0. The van der Waals surface area contributed by atoms with Crippen molar-refractivity contribution in [1.29, 1.82) is 0 Å². The smallest absolute Gasteiger partial charge is 0.327 e. The van der Waals surface area contributed by atoms with Crippen LogP contribution in [0.1, 0.15) is 20.3 Å². The fraction of sp³-hybridized carbons (Fsp3) is 0.667. The number of carbonyl (C=O) groups is 1. The highest BCUT2D eigenvalue weighted by molar-refractivity contribution is 5.85. The van der Waals surface area contributed by atoms with Gasteiger partial charge in [-0.15, -0.1) is 6.58 Å². The molecule has 1 rings (SSSR count). The van der Waals surface area contributed by atoms with E-state index in [1.54, 1.807) is 6.08 Å². The molecule has 0 unspecified atom stereocenters. The largest absolute Gasteiger partial charge is 0.462 e. The van der Waals surface area contributed by atoms with E-state index in [4.69, 9.17) is 10.5 Å². The minimum atomic E-state index is -0.772. The van der Waals surface area contributed by atoms with E-state index in [1.807, 2.05) is 13.8 Å². The Balaban J connectivity index is 2.49. The topological polar surface area (TPSA) is 52.3 Å². The van der Waals surface area contributed by atoms with Gasteiger partial charge in [0, 0.05) is 5.92 Å². The van der Waals surface area contributed by atoms with Crippen LogP contribution in [0.3, 0.4) is 0 Å². The van der Waals surface area contributed by atoms with E-state index in [2.05, 4.69) is 6.58 Å². The van der Waals surface area contributed by atoms with Crippen LogP contribution in [0.2, 0.25) is 0 Å². The lowest BCUT2D eigenvalue weighted by molar-refractivity contribution is -0.150. The fourth-order valence-corrected chi connectivity index (χ4v) is 1.16. The third kappa shape index (κ3) is 1.50. The highest BCUT2D eigenvalue weighted by atomic mass is 16.5. The lowest BCUT2D eigenvalue weighted by Crippen LogP contribution is -2.38. The van der Waals surface area contributed by atoms with Gasteiger partial charge in [0.1, 0.15) is 5.54 Å². The molecule has 1 saturated carbocycles. The first kappa shape index (κ1) is 9.26. The molecule has 1 aliphatic carbocycles. The Morgan fingerprint density at radius 3 is 2.75 bits per heavy atom. The molecular weight excluding hydrogens is 154 g/mol. The molecule has 0 aromatic carbocycles. The fourth-order valence-electron chi connectivity index (χ4n) is 1.16. The zero-order valence-corrected chi connectivity index (χ0v) is 7.54. The van der Waals surface area contributed by atoms with Crippen molar-refractivity contribution in [2.75, 3.05) is 0 Å². The summed E-state index contributed by atoms with van der Waals surface area (Å²) >= 11 is 0. The van der Waals surface area contributed by atoms with Crippen LogP contribution in [0.25, 0.3) is 0 Å². The van der Waals surface area contributed by atoms with Crippen molar-refractivity contribution in [3.8, 4) is 0 Å². The van der Waals surface area contributed by atoms with Crippen LogP contribution >= 0.6 is 0 Å². The van der Waals surface area contributed by atoms with E-state index >= 15 is 0 Å². The molecule has 0 aromatic heterocycles. The quantitative estimate of drug-likeness (QED) is 0.503. The van der Waals surface area contributed by atoms with E-state index in [1.165, 1.54) is 0 Å². The van der Waals surface area contributed by atoms with E-state index in [-0.39, 0.29) is 18.0 Å². The molecule has 1 aliphatic rings. The molecule has 0 spiro atoms. The monoisotopic (exact) mass is 169 g/mol. The number of hydrogen-bond acceptors (Lipinski definition) is 3. The number of esters is 1. The van der Waals surface area contributed by atoms with Crippen LogP contribution in [0.4, 0.5) is 0 Å². The Morgan fingerprint density at radius 2 is 2.42 bits per heavy atom. The molecule has 2 N–H and O–H groups in total. The van der Waals surface area contributed by atoms with Crippen LogP contribution in [-0.2, 0) is 9.53 Å². The standard InChI is InChI=1S/C9H15NO2/c1-4-7-5-9(7,10)8(11)12-6(2)3/h4,6-7H,1,5,10H2,2-3H3/t7-,9-/m1/s1.